The number of hydrogen-bond donors (Lipinski definition) is 1. The summed E-state index contributed by atoms with van der Waals surface area (Å²) in [5.74, 6) is 0.143. The minimum atomic E-state index is -3.67. The van der Waals surface area contributed by atoms with Gasteiger partial charge in [0.1, 0.15) is 11.6 Å². The molecule has 4 rings (SSSR count). The van der Waals surface area contributed by atoms with Crippen molar-refractivity contribution in [2.45, 2.75) is 45.4 Å². The fourth-order valence-electron chi connectivity index (χ4n) is 4.33. The molecule has 1 aliphatic carbocycles. The van der Waals surface area contributed by atoms with Crippen LogP contribution in [0.15, 0.2) is 46.9 Å². The Labute approximate surface area is 222 Å². The van der Waals surface area contributed by atoms with Crippen LogP contribution < -0.4 is 9.62 Å². The van der Waals surface area contributed by atoms with Gasteiger partial charge in [-0.2, -0.15) is 4.98 Å². The minimum absolute atomic E-state index is 0.158. The molecule has 1 saturated carbocycles. The molecular weight excluding hydrogens is 506 g/mol. The summed E-state index contributed by atoms with van der Waals surface area (Å²) in [6.07, 6.45) is 6.97. The van der Waals surface area contributed by atoms with Gasteiger partial charge >= 0.3 is 5.97 Å². The number of pyridine rings is 1. The molecule has 9 nitrogen and oxygen atoms in total. The van der Waals surface area contributed by atoms with Crippen molar-refractivity contribution >= 4 is 38.8 Å². The number of sulfonamides is 1. The van der Waals surface area contributed by atoms with Crippen molar-refractivity contribution in [1.29, 1.82) is 0 Å². The zero-order chi connectivity index (χ0) is 27.4. The van der Waals surface area contributed by atoms with Gasteiger partial charge in [-0.1, -0.05) is 35.9 Å². The van der Waals surface area contributed by atoms with E-state index in [4.69, 9.17) is 14.1 Å². The maximum atomic E-state index is 13.0. The molecule has 0 unspecified atom stereocenters. The molecule has 1 N–H and O–H groups in total. The number of hydrogen-bond acceptors (Lipinski definition) is 7. The van der Waals surface area contributed by atoms with Crippen LogP contribution in [0.2, 0.25) is 0 Å². The second-order valence-corrected chi connectivity index (χ2v) is 11.3. The van der Waals surface area contributed by atoms with Crippen molar-refractivity contribution < 1.29 is 27.2 Å². The Kier molecular flexibility index (Phi) is 8.20. The van der Waals surface area contributed by atoms with Crippen LogP contribution in [0.1, 0.15) is 60.0 Å². The second kappa shape index (κ2) is 11.4. The van der Waals surface area contributed by atoms with Crippen molar-refractivity contribution in [3.8, 4) is 11.3 Å². The van der Waals surface area contributed by atoms with E-state index in [2.05, 4.69) is 5.32 Å². The Bertz CT molecular complexity index is 1470. The van der Waals surface area contributed by atoms with E-state index in [-0.39, 0.29) is 24.1 Å². The highest BCUT2D eigenvalue weighted by Crippen LogP contribution is 2.46. The molecule has 2 heterocycles. The van der Waals surface area contributed by atoms with Crippen LogP contribution in [0, 0.1) is 6.92 Å². The van der Waals surface area contributed by atoms with Gasteiger partial charge in [-0.05, 0) is 57.1 Å². The number of benzene rings is 1. The number of furan rings is 1. The van der Waals surface area contributed by atoms with Crippen LogP contribution in [-0.2, 0) is 19.6 Å². The zero-order valence-electron chi connectivity index (χ0n) is 22.1. The van der Waals surface area contributed by atoms with E-state index in [1.54, 1.807) is 20.0 Å². The largest absolute Gasteiger partial charge is 0.463 e. The quantitative estimate of drug-likeness (QED) is 0.213. The van der Waals surface area contributed by atoms with Crippen LogP contribution in [0.4, 0.5) is 5.82 Å². The van der Waals surface area contributed by atoms with Gasteiger partial charge in [0.2, 0.25) is 15.7 Å². The van der Waals surface area contributed by atoms with E-state index in [9.17, 15) is 18.0 Å². The number of ether oxygens (including phenoxy) is 1. The normalized spacial score (nSPS) is 13.7. The molecule has 0 radical (unpaired) electrons. The Morgan fingerprint density at radius 2 is 1.95 bits per heavy atom. The molecule has 3 aromatic rings. The number of carbonyl (C=O) groups excluding carboxylic acids is 2. The highest BCUT2D eigenvalue weighted by Gasteiger charge is 2.34. The van der Waals surface area contributed by atoms with Gasteiger partial charge in [0.15, 0.2) is 0 Å². The smallest absolute Gasteiger partial charge is 0.330 e. The van der Waals surface area contributed by atoms with Gasteiger partial charge in [0.25, 0.3) is 5.91 Å². The fraction of sp³-hybridized carbons (Fsp3) is 0.393. The zero-order valence-corrected chi connectivity index (χ0v) is 22.9. The number of aromatic nitrogens is 1. The van der Waals surface area contributed by atoms with E-state index in [1.165, 1.54) is 10.4 Å². The lowest BCUT2D eigenvalue weighted by Crippen LogP contribution is -2.32. The monoisotopic (exact) mass is 539 g/mol. The van der Waals surface area contributed by atoms with Crippen LogP contribution in [0.3, 0.4) is 0 Å². The Hall–Kier alpha value is -3.66. The average Bonchev–Trinajstić information content (AvgIpc) is 3.65. The summed E-state index contributed by atoms with van der Waals surface area (Å²) in [6.45, 7) is 4.18. The van der Waals surface area contributed by atoms with E-state index in [1.807, 2.05) is 37.3 Å². The van der Waals surface area contributed by atoms with Crippen molar-refractivity contribution in [1.82, 2.24) is 10.3 Å². The van der Waals surface area contributed by atoms with Gasteiger partial charge < -0.3 is 14.5 Å². The molecule has 1 aliphatic rings. The van der Waals surface area contributed by atoms with E-state index >= 15 is 0 Å². The van der Waals surface area contributed by atoms with E-state index < -0.39 is 16.0 Å². The number of amides is 1. The van der Waals surface area contributed by atoms with Crippen molar-refractivity contribution in [3.63, 3.8) is 0 Å². The fourth-order valence-corrected chi connectivity index (χ4v) is 5.26. The molecule has 1 amide bonds. The Morgan fingerprint density at radius 3 is 2.55 bits per heavy atom. The second-order valence-electron chi connectivity index (χ2n) is 9.41. The van der Waals surface area contributed by atoms with E-state index in [0.29, 0.717) is 42.0 Å². The molecule has 0 aliphatic heterocycles. The van der Waals surface area contributed by atoms with E-state index in [0.717, 1.165) is 35.8 Å². The molecule has 0 saturated heterocycles. The third kappa shape index (κ3) is 6.07. The third-order valence-electron chi connectivity index (χ3n) is 6.39. The molecule has 2 aromatic heterocycles. The number of unbranched alkanes of at least 4 members (excludes halogenated alkanes) is 1. The molecule has 1 aromatic carbocycles. The average molecular weight is 540 g/mol. The number of esters is 1. The first-order chi connectivity index (χ1) is 18.1. The number of carbonyl (C=O) groups is 2. The summed E-state index contributed by atoms with van der Waals surface area (Å²) in [4.78, 5) is 29.2. The number of rotatable bonds is 11. The van der Waals surface area contributed by atoms with Crippen molar-refractivity contribution in [2.75, 3.05) is 30.8 Å². The maximum absolute atomic E-state index is 13.0. The van der Waals surface area contributed by atoms with Gasteiger partial charge in [0.05, 0.1) is 23.8 Å². The first-order valence-corrected chi connectivity index (χ1v) is 14.6. The van der Waals surface area contributed by atoms with Crippen LogP contribution in [0.25, 0.3) is 22.4 Å². The standard InChI is InChI=1S/C28H33N3O6S/c1-5-36-23(32)9-7-6-8-16-31(38(4,34)35)26-21(19-14-15-19)17-22-24(27(33)29-3)25(37-28(22)30-26)20-12-10-18(2)11-13-20/h7,9-13,17,19H,5-6,8,14-16H2,1-4H3,(H,29,33)/b9-7+. The SMILES string of the molecule is CCOC(=O)/C=C/CCCN(c1nc2oc(-c3ccc(C)cc3)c(C(=O)NC)c2cc1C1CC1)S(C)(=O)=O. The molecule has 0 spiro atoms. The predicted octanol–water partition coefficient (Wildman–Crippen LogP) is 4.71. The summed E-state index contributed by atoms with van der Waals surface area (Å²) < 4.78 is 38.1. The van der Waals surface area contributed by atoms with Gasteiger partial charge in [0, 0.05) is 25.2 Å². The number of aryl methyl sites for hydroxylation is 1. The van der Waals surface area contributed by atoms with Crippen LogP contribution in [0.5, 0.6) is 0 Å². The number of fused-ring (bicyclic) bond motifs is 1. The molecular formula is C28H33N3O6S. The summed E-state index contributed by atoms with van der Waals surface area (Å²) >= 11 is 0. The minimum Gasteiger partial charge on any atom is -0.463 e. The lowest BCUT2D eigenvalue weighted by Gasteiger charge is -2.23. The number of anilines is 1. The highest BCUT2D eigenvalue weighted by molar-refractivity contribution is 7.92. The number of allylic oxidation sites excluding steroid dienone is 1. The molecule has 38 heavy (non-hydrogen) atoms. The summed E-state index contributed by atoms with van der Waals surface area (Å²) in [6, 6.07) is 9.50. The molecule has 202 valence electrons. The maximum Gasteiger partial charge on any atom is 0.330 e. The molecule has 0 atom stereocenters. The Balaban J connectivity index is 1.76. The topological polar surface area (TPSA) is 119 Å². The van der Waals surface area contributed by atoms with Crippen LogP contribution >= 0.6 is 0 Å². The first-order valence-electron chi connectivity index (χ1n) is 12.7. The van der Waals surface area contributed by atoms with Crippen molar-refractivity contribution in [3.05, 3.63) is 59.2 Å². The summed E-state index contributed by atoms with van der Waals surface area (Å²) in [5, 5.41) is 3.24. The lowest BCUT2D eigenvalue weighted by atomic mass is 10.0. The molecule has 0 bridgehead atoms. The van der Waals surface area contributed by atoms with Crippen molar-refractivity contribution in [2.24, 2.45) is 0 Å². The summed E-state index contributed by atoms with van der Waals surface area (Å²) in [5.41, 5.74) is 3.17. The first kappa shape index (κ1) is 27.4. The van der Waals surface area contributed by atoms with Gasteiger partial charge in [-0.3, -0.25) is 9.10 Å². The number of nitrogens with one attached hydrogen (secondary N) is 1. The third-order valence-corrected chi connectivity index (χ3v) is 7.54. The lowest BCUT2D eigenvalue weighted by molar-refractivity contribution is -0.137. The van der Waals surface area contributed by atoms with Gasteiger partial charge in [-0.15, -0.1) is 0 Å². The molecule has 1 fully saturated rings. The highest BCUT2D eigenvalue weighted by atomic mass is 32.2. The number of nitrogens with zero attached hydrogens (tertiary/aromatic N) is 2. The van der Waals surface area contributed by atoms with Crippen LogP contribution in [-0.4, -0.2) is 51.7 Å². The predicted molar refractivity (Wildman–Crippen MR) is 147 cm³/mol. The van der Waals surface area contributed by atoms with Gasteiger partial charge in [-0.25, -0.2) is 13.2 Å². The Morgan fingerprint density at radius 1 is 1.24 bits per heavy atom. The summed E-state index contributed by atoms with van der Waals surface area (Å²) in [7, 11) is -2.11. The molecule has 10 heteroatoms.